The fourth-order valence-electron chi connectivity index (χ4n) is 5.99. The zero-order valence-corrected chi connectivity index (χ0v) is 22.0. The highest BCUT2D eigenvalue weighted by molar-refractivity contribution is 6.07. The number of hydrogen-bond donors (Lipinski definition) is 1. The van der Waals surface area contributed by atoms with Gasteiger partial charge in [-0.3, -0.25) is 14.4 Å². The van der Waals surface area contributed by atoms with Crippen LogP contribution in [0.3, 0.4) is 0 Å². The van der Waals surface area contributed by atoms with Crippen molar-refractivity contribution in [1.29, 1.82) is 0 Å². The Kier molecular flexibility index (Phi) is 5.56. The molecule has 5 aromatic rings. The first-order chi connectivity index (χ1) is 20.0. The Bertz CT molecular complexity index is 1920. The summed E-state index contributed by atoms with van der Waals surface area (Å²) in [5, 5.41) is 3.43. The predicted molar refractivity (Wildman–Crippen MR) is 151 cm³/mol. The third-order valence-corrected chi connectivity index (χ3v) is 7.74. The highest BCUT2D eigenvalue weighted by Crippen LogP contribution is 2.59. The topological polar surface area (TPSA) is 120 Å². The Morgan fingerprint density at radius 3 is 2.44 bits per heavy atom. The average Bonchev–Trinajstić information content (AvgIpc) is 2.98. The summed E-state index contributed by atoms with van der Waals surface area (Å²) in [6.07, 6.45) is -0.551. The number of fused-ring (bicyclic) bond motifs is 7. The number of anilines is 5. The number of ether oxygens (including phenoxy) is 3. The van der Waals surface area contributed by atoms with E-state index in [1.807, 2.05) is 42.5 Å². The lowest BCUT2D eigenvalue weighted by Crippen LogP contribution is -2.26. The van der Waals surface area contributed by atoms with Crippen LogP contribution >= 0.6 is 0 Å². The predicted octanol–water partition coefficient (Wildman–Crippen LogP) is 6.08. The summed E-state index contributed by atoms with van der Waals surface area (Å²) >= 11 is 0. The maximum absolute atomic E-state index is 11.7. The lowest BCUT2D eigenvalue weighted by Gasteiger charge is -2.42. The monoisotopic (exact) mass is 546 g/mol. The van der Waals surface area contributed by atoms with Gasteiger partial charge in [-0.25, -0.2) is 9.97 Å². The number of carbonyl (C=O) groups is 3. The third-order valence-electron chi connectivity index (χ3n) is 7.74. The van der Waals surface area contributed by atoms with E-state index in [2.05, 4.69) is 23.2 Å². The van der Waals surface area contributed by atoms with Crippen LogP contribution in [0, 0.1) is 0 Å². The van der Waals surface area contributed by atoms with Crippen molar-refractivity contribution < 1.29 is 28.6 Å². The molecule has 0 amide bonds. The van der Waals surface area contributed by atoms with E-state index < -0.39 is 6.10 Å². The number of aromatic nitrogens is 2. The number of rotatable bonds is 7. The highest BCUT2D eigenvalue weighted by atomic mass is 16.5. The summed E-state index contributed by atoms with van der Waals surface area (Å²) in [7, 11) is 0. The van der Waals surface area contributed by atoms with Gasteiger partial charge in [0.25, 0.3) is 19.4 Å². The molecule has 10 nitrogen and oxygen atoms in total. The zero-order valence-electron chi connectivity index (χ0n) is 22.0. The van der Waals surface area contributed by atoms with Crippen LogP contribution in [0.5, 0.6) is 11.5 Å². The minimum Gasteiger partial charge on any atom is -0.460 e. The van der Waals surface area contributed by atoms with Gasteiger partial charge in [-0.15, -0.1) is 0 Å². The van der Waals surface area contributed by atoms with Crippen LogP contribution in [0.4, 0.5) is 28.4 Å². The molecule has 2 aliphatic heterocycles. The van der Waals surface area contributed by atoms with Gasteiger partial charge < -0.3 is 24.4 Å². The van der Waals surface area contributed by atoms with Gasteiger partial charge in [0.15, 0.2) is 11.5 Å². The largest absolute Gasteiger partial charge is 0.460 e. The lowest BCUT2D eigenvalue weighted by molar-refractivity contribution is -0.133. The van der Waals surface area contributed by atoms with E-state index in [0.717, 1.165) is 33.9 Å². The number of benzene rings is 4. The number of hydrogen-bond acceptors (Lipinski definition) is 10. The van der Waals surface area contributed by atoms with Crippen molar-refractivity contribution in [2.45, 2.75) is 25.9 Å². The van der Waals surface area contributed by atoms with E-state index in [4.69, 9.17) is 24.2 Å². The first-order valence-electron chi connectivity index (χ1n) is 13.0. The molecule has 202 valence electrons. The van der Waals surface area contributed by atoms with Crippen LogP contribution in [-0.4, -0.2) is 29.4 Å². The molecular weight excluding hydrogens is 524 g/mol. The molecule has 2 unspecified atom stereocenters. The van der Waals surface area contributed by atoms with Crippen LogP contribution in [-0.2, 0) is 19.1 Å². The minimum absolute atomic E-state index is 0.121. The molecule has 0 spiro atoms. The molecule has 7 rings (SSSR count). The summed E-state index contributed by atoms with van der Waals surface area (Å²) < 4.78 is 16.0. The molecule has 10 heteroatoms. The van der Waals surface area contributed by atoms with Gasteiger partial charge in [-0.05, 0) is 36.8 Å². The first kappa shape index (κ1) is 24.5. The average molecular weight is 547 g/mol. The molecule has 0 saturated heterocycles. The second kappa shape index (κ2) is 9.30. The third kappa shape index (κ3) is 3.53. The molecule has 41 heavy (non-hydrogen) atoms. The minimum atomic E-state index is -0.551. The molecule has 0 bridgehead atoms. The summed E-state index contributed by atoms with van der Waals surface area (Å²) in [6, 6.07) is 18.7. The summed E-state index contributed by atoms with van der Waals surface area (Å²) in [6.45, 7) is 5.05. The van der Waals surface area contributed by atoms with E-state index in [9.17, 15) is 14.4 Å². The molecule has 0 aliphatic carbocycles. The number of nitrogens with one attached hydrogen (secondary N) is 1. The van der Waals surface area contributed by atoms with Crippen molar-refractivity contribution in [3.05, 3.63) is 77.4 Å². The molecule has 4 aromatic carbocycles. The number of para-hydroxylation sites is 3. The second-order valence-electron chi connectivity index (χ2n) is 9.82. The SMILES string of the molecule is CC(OC=O)c1cccc2nc3c(OC=O)cc4c(c3nc12)C(C)c1cccc2c1N4c1cccc(OC=O)c1N2. The fourth-order valence-corrected chi connectivity index (χ4v) is 5.99. The van der Waals surface area contributed by atoms with Gasteiger partial charge in [0.05, 0.1) is 39.3 Å². The molecule has 2 atom stereocenters. The van der Waals surface area contributed by atoms with Crippen LogP contribution in [0.15, 0.2) is 60.7 Å². The second-order valence-corrected chi connectivity index (χ2v) is 9.82. The fraction of sp³-hybridized carbons (Fsp3) is 0.129. The highest BCUT2D eigenvalue weighted by Gasteiger charge is 2.38. The summed E-state index contributed by atoms with van der Waals surface area (Å²) in [4.78, 5) is 46.1. The van der Waals surface area contributed by atoms with Gasteiger partial charge in [-0.1, -0.05) is 37.3 Å². The van der Waals surface area contributed by atoms with Crippen LogP contribution in [0.2, 0.25) is 0 Å². The van der Waals surface area contributed by atoms with Crippen LogP contribution in [0.1, 0.15) is 42.6 Å². The molecule has 2 aliphatic rings. The van der Waals surface area contributed by atoms with Crippen molar-refractivity contribution >= 4 is 69.9 Å². The van der Waals surface area contributed by atoms with Gasteiger partial charge >= 0.3 is 0 Å². The Morgan fingerprint density at radius 2 is 1.63 bits per heavy atom. The smallest absolute Gasteiger partial charge is 0.298 e. The summed E-state index contributed by atoms with van der Waals surface area (Å²) in [5.41, 5.74) is 8.65. The van der Waals surface area contributed by atoms with E-state index in [-0.39, 0.29) is 11.7 Å². The lowest BCUT2D eigenvalue weighted by atomic mass is 9.83. The van der Waals surface area contributed by atoms with Crippen molar-refractivity contribution in [1.82, 2.24) is 9.97 Å². The van der Waals surface area contributed by atoms with Crippen molar-refractivity contribution in [2.75, 3.05) is 10.2 Å². The maximum Gasteiger partial charge on any atom is 0.298 e. The quantitative estimate of drug-likeness (QED) is 0.186. The van der Waals surface area contributed by atoms with Crippen molar-refractivity contribution in [3.63, 3.8) is 0 Å². The van der Waals surface area contributed by atoms with Gasteiger partial charge in [0.2, 0.25) is 0 Å². The Balaban J connectivity index is 1.59. The van der Waals surface area contributed by atoms with E-state index in [0.29, 0.717) is 58.5 Å². The van der Waals surface area contributed by atoms with E-state index >= 15 is 0 Å². The van der Waals surface area contributed by atoms with Crippen LogP contribution < -0.4 is 19.7 Å². The normalized spacial score (nSPS) is 15.2. The van der Waals surface area contributed by atoms with Crippen molar-refractivity contribution in [2.24, 2.45) is 0 Å². The Morgan fingerprint density at radius 1 is 0.854 bits per heavy atom. The zero-order chi connectivity index (χ0) is 28.2. The Labute approximate surface area is 233 Å². The summed E-state index contributed by atoms with van der Waals surface area (Å²) in [5.74, 6) is 0.502. The van der Waals surface area contributed by atoms with Gasteiger partial charge in [0, 0.05) is 23.1 Å². The first-order valence-corrected chi connectivity index (χ1v) is 13.0. The Hall–Kier alpha value is -5.51. The van der Waals surface area contributed by atoms with Crippen molar-refractivity contribution in [3.8, 4) is 11.5 Å². The molecule has 0 fully saturated rings. The van der Waals surface area contributed by atoms with E-state index in [1.165, 1.54) is 0 Å². The number of nitrogens with zero attached hydrogens (tertiary/aromatic N) is 3. The molecule has 0 saturated carbocycles. The molecule has 1 N–H and O–H groups in total. The standard InChI is InChI=1S/C31H22N4O6/c1-16-18-6-3-9-21-31(18)35(22-10-5-11-24(40-14-37)28(22)33-21)23-12-25(41-15-38)29-30(26(16)23)34-27-19(17(2)39-13-36)7-4-8-20(27)32-29/h3-17,33H,1-2H3. The maximum atomic E-state index is 11.7. The van der Waals surface area contributed by atoms with Gasteiger partial charge in [-0.2, -0.15) is 0 Å². The molecule has 0 radical (unpaired) electrons. The number of carbonyl (C=O) groups excluding carboxylic acids is 3. The van der Waals surface area contributed by atoms with E-state index in [1.54, 1.807) is 19.1 Å². The molecular formula is C31H22N4O6. The molecule has 1 aromatic heterocycles. The van der Waals surface area contributed by atoms with Crippen LogP contribution in [0.25, 0.3) is 22.1 Å². The van der Waals surface area contributed by atoms with Gasteiger partial charge in [0.1, 0.15) is 17.3 Å². The molecule has 3 heterocycles.